The molecule has 136 valence electrons. The molecule has 0 radical (unpaired) electrons. The first-order valence-electron chi connectivity index (χ1n) is 8.14. The second kappa shape index (κ2) is 8.09. The molecule has 0 aliphatic heterocycles. The molecule has 1 unspecified atom stereocenters. The maximum atomic E-state index is 12.4. The van der Waals surface area contributed by atoms with Crippen molar-refractivity contribution < 1.29 is 13.2 Å². The predicted octanol–water partition coefficient (Wildman–Crippen LogP) is 1.72. The van der Waals surface area contributed by atoms with Crippen LogP contribution in [0.15, 0.2) is 29.2 Å². The van der Waals surface area contributed by atoms with Gasteiger partial charge in [0.15, 0.2) is 0 Å². The summed E-state index contributed by atoms with van der Waals surface area (Å²) in [5, 5.41) is 2.93. The molecule has 0 aliphatic rings. The molecule has 0 aromatic heterocycles. The van der Waals surface area contributed by atoms with E-state index in [2.05, 4.69) is 10.0 Å². The lowest BCUT2D eigenvalue weighted by molar-refractivity contribution is 0.0883. The highest BCUT2D eigenvalue weighted by atomic mass is 32.2. The van der Waals surface area contributed by atoms with Gasteiger partial charge in [0.2, 0.25) is 10.0 Å². The van der Waals surface area contributed by atoms with Gasteiger partial charge in [0.05, 0.1) is 10.4 Å². The van der Waals surface area contributed by atoms with Crippen molar-refractivity contribution in [1.82, 2.24) is 10.0 Å². The second-order valence-corrected chi connectivity index (χ2v) is 8.77. The Morgan fingerprint density at radius 1 is 1.17 bits per heavy atom. The average Bonchev–Trinajstić information content (AvgIpc) is 2.52. The zero-order valence-corrected chi connectivity index (χ0v) is 15.9. The van der Waals surface area contributed by atoms with Gasteiger partial charge >= 0.3 is 0 Å². The van der Waals surface area contributed by atoms with Crippen LogP contribution < -0.4 is 15.8 Å². The minimum absolute atomic E-state index is 0.144. The van der Waals surface area contributed by atoms with Gasteiger partial charge in [-0.3, -0.25) is 4.79 Å². The number of nitrogens with one attached hydrogen (secondary N) is 2. The molecule has 24 heavy (non-hydrogen) atoms. The Labute approximate surface area is 145 Å². The summed E-state index contributed by atoms with van der Waals surface area (Å²) in [7, 11) is -3.55. The fourth-order valence-electron chi connectivity index (χ4n) is 1.91. The molecular formula is C17H29N3O3S. The van der Waals surface area contributed by atoms with Gasteiger partial charge < -0.3 is 11.1 Å². The predicted molar refractivity (Wildman–Crippen MR) is 96.2 cm³/mol. The third kappa shape index (κ3) is 5.29. The molecule has 0 spiro atoms. The Balaban J connectivity index is 2.89. The van der Waals surface area contributed by atoms with E-state index in [1.807, 2.05) is 34.6 Å². The van der Waals surface area contributed by atoms with Crippen molar-refractivity contribution in [2.75, 3.05) is 13.1 Å². The largest absolute Gasteiger partial charge is 0.345 e. The van der Waals surface area contributed by atoms with Gasteiger partial charge in [-0.1, -0.05) is 27.7 Å². The molecule has 0 fully saturated rings. The molecule has 1 amide bonds. The van der Waals surface area contributed by atoms with E-state index in [0.29, 0.717) is 18.7 Å². The molecule has 0 aliphatic carbocycles. The summed E-state index contributed by atoms with van der Waals surface area (Å²) in [4.78, 5) is 12.5. The topological polar surface area (TPSA) is 101 Å². The van der Waals surface area contributed by atoms with E-state index in [9.17, 15) is 13.2 Å². The molecule has 4 N–H and O–H groups in total. The summed E-state index contributed by atoms with van der Waals surface area (Å²) in [6.45, 7) is 10.4. The lowest BCUT2D eigenvalue weighted by atomic mass is 9.88. The summed E-state index contributed by atoms with van der Waals surface area (Å²) in [5.41, 5.74) is 5.66. The maximum absolute atomic E-state index is 12.4. The third-order valence-electron chi connectivity index (χ3n) is 4.21. The van der Waals surface area contributed by atoms with E-state index in [0.717, 1.165) is 0 Å². The van der Waals surface area contributed by atoms with Gasteiger partial charge in [0.1, 0.15) is 0 Å². The zero-order chi connectivity index (χ0) is 18.5. The number of sulfonamides is 1. The molecule has 1 aromatic rings. The number of benzene rings is 1. The second-order valence-electron chi connectivity index (χ2n) is 7.00. The van der Waals surface area contributed by atoms with Gasteiger partial charge in [-0.25, -0.2) is 13.1 Å². The van der Waals surface area contributed by atoms with E-state index in [-0.39, 0.29) is 22.6 Å². The number of nitrogens with two attached hydrogens (primary N) is 1. The smallest absolute Gasteiger partial charge is 0.251 e. The van der Waals surface area contributed by atoms with Crippen molar-refractivity contribution in [3.8, 4) is 0 Å². The Kier molecular flexibility index (Phi) is 6.95. The summed E-state index contributed by atoms with van der Waals surface area (Å²) >= 11 is 0. The van der Waals surface area contributed by atoms with Crippen LogP contribution in [0, 0.1) is 11.8 Å². The molecule has 0 saturated heterocycles. The van der Waals surface area contributed by atoms with Crippen LogP contribution >= 0.6 is 0 Å². The number of amides is 1. The van der Waals surface area contributed by atoms with E-state index < -0.39 is 15.6 Å². The van der Waals surface area contributed by atoms with E-state index in [4.69, 9.17) is 5.73 Å². The number of carbonyl (C=O) groups is 1. The lowest BCUT2D eigenvalue weighted by Gasteiger charge is -2.33. The van der Waals surface area contributed by atoms with Gasteiger partial charge in [-0.2, -0.15) is 0 Å². The molecular weight excluding hydrogens is 326 g/mol. The minimum atomic E-state index is -3.55. The molecule has 0 heterocycles. The van der Waals surface area contributed by atoms with E-state index in [1.165, 1.54) is 24.3 Å². The fraction of sp³-hybridized carbons (Fsp3) is 0.588. The minimum Gasteiger partial charge on any atom is -0.345 e. The third-order valence-corrected chi connectivity index (χ3v) is 5.65. The molecule has 1 rings (SSSR count). The molecule has 1 aromatic carbocycles. The Hall–Kier alpha value is -1.44. The normalized spacial score (nSPS) is 14.7. The Morgan fingerprint density at radius 2 is 1.71 bits per heavy atom. The number of hydrogen-bond donors (Lipinski definition) is 3. The molecule has 0 saturated carbocycles. The maximum Gasteiger partial charge on any atom is 0.251 e. The quantitative estimate of drug-likeness (QED) is 0.661. The number of hydrogen-bond acceptors (Lipinski definition) is 4. The molecule has 7 heteroatoms. The summed E-state index contributed by atoms with van der Waals surface area (Å²) in [6, 6.07) is 5.90. The summed E-state index contributed by atoms with van der Waals surface area (Å²) < 4.78 is 26.8. The standard InChI is InChI=1S/C17H29N3O3S/c1-12(2)10-19-24(22,23)15-8-6-14(7-9-15)16(21)20-17(5,11-18)13(3)4/h6-9,12-13,19H,10-11,18H2,1-5H3,(H,20,21). The van der Waals surface area contributed by atoms with Crippen LogP contribution in [0.1, 0.15) is 45.0 Å². The van der Waals surface area contributed by atoms with Crippen molar-refractivity contribution >= 4 is 15.9 Å². The fourth-order valence-corrected chi connectivity index (χ4v) is 3.12. The number of rotatable bonds is 8. The van der Waals surface area contributed by atoms with Gasteiger partial charge in [0.25, 0.3) is 5.91 Å². The van der Waals surface area contributed by atoms with Gasteiger partial charge in [-0.05, 0) is 43.0 Å². The highest BCUT2D eigenvalue weighted by Crippen LogP contribution is 2.17. The van der Waals surface area contributed by atoms with Crippen LogP contribution in [0.4, 0.5) is 0 Å². The monoisotopic (exact) mass is 355 g/mol. The Bertz CT molecular complexity index is 654. The molecule has 6 nitrogen and oxygen atoms in total. The lowest BCUT2D eigenvalue weighted by Crippen LogP contribution is -2.55. The van der Waals surface area contributed by atoms with Crippen LogP contribution in [0.25, 0.3) is 0 Å². The summed E-state index contributed by atoms with van der Waals surface area (Å²) in [5.74, 6) is 0.122. The van der Waals surface area contributed by atoms with Crippen molar-refractivity contribution in [2.45, 2.75) is 45.1 Å². The zero-order valence-electron chi connectivity index (χ0n) is 15.1. The van der Waals surface area contributed by atoms with Gasteiger partial charge in [-0.15, -0.1) is 0 Å². The first-order chi connectivity index (χ1) is 11.0. The molecule has 1 atom stereocenters. The van der Waals surface area contributed by atoms with E-state index >= 15 is 0 Å². The van der Waals surface area contributed by atoms with Gasteiger partial charge in [0, 0.05) is 18.7 Å². The Morgan fingerprint density at radius 3 is 2.12 bits per heavy atom. The number of carbonyl (C=O) groups excluding carboxylic acids is 1. The first-order valence-corrected chi connectivity index (χ1v) is 9.62. The molecule has 0 bridgehead atoms. The van der Waals surface area contributed by atoms with Crippen LogP contribution in [0.2, 0.25) is 0 Å². The van der Waals surface area contributed by atoms with Crippen molar-refractivity contribution in [3.05, 3.63) is 29.8 Å². The summed E-state index contributed by atoms with van der Waals surface area (Å²) in [6.07, 6.45) is 0. The van der Waals surface area contributed by atoms with Crippen LogP contribution in [0.5, 0.6) is 0 Å². The van der Waals surface area contributed by atoms with Crippen molar-refractivity contribution in [2.24, 2.45) is 17.6 Å². The first kappa shape index (κ1) is 20.6. The average molecular weight is 356 g/mol. The highest BCUT2D eigenvalue weighted by molar-refractivity contribution is 7.89. The van der Waals surface area contributed by atoms with Crippen molar-refractivity contribution in [1.29, 1.82) is 0 Å². The SMILES string of the molecule is CC(C)CNS(=O)(=O)c1ccc(C(=O)NC(C)(CN)C(C)C)cc1. The van der Waals surface area contributed by atoms with Crippen LogP contribution in [-0.2, 0) is 10.0 Å². The van der Waals surface area contributed by atoms with Crippen molar-refractivity contribution in [3.63, 3.8) is 0 Å². The van der Waals surface area contributed by atoms with Crippen LogP contribution in [0.3, 0.4) is 0 Å². The highest BCUT2D eigenvalue weighted by Gasteiger charge is 2.29. The van der Waals surface area contributed by atoms with Crippen LogP contribution in [-0.4, -0.2) is 33.0 Å². The van der Waals surface area contributed by atoms with E-state index in [1.54, 1.807) is 0 Å².